The zero-order valence-corrected chi connectivity index (χ0v) is 21.2. The maximum atomic E-state index is 14.5. The predicted molar refractivity (Wildman–Crippen MR) is 139 cm³/mol. The molecule has 1 aliphatic heterocycles. The molecule has 196 valence electrons. The van der Waals surface area contributed by atoms with Gasteiger partial charge in [0.1, 0.15) is 35.4 Å². The van der Waals surface area contributed by atoms with Crippen LogP contribution >= 0.6 is 0 Å². The fourth-order valence-electron chi connectivity index (χ4n) is 4.66. The number of hydrogen-bond acceptors (Lipinski definition) is 5. The second-order valence-corrected chi connectivity index (χ2v) is 9.48. The maximum Gasteiger partial charge on any atom is 0.272 e. The minimum atomic E-state index is -0.508. The number of rotatable bonds is 8. The minimum absolute atomic E-state index is 0.122. The molecular weight excluding hydrogens is 490 g/mol. The van der Waals surface area contributed by atoms with Crippen LogP contribution in [0.25, 0.3) is 22.4 Å². The van der Waals surface area contributed by atoms with Crippen molar-refractivity contribution in [1.29, 1.82) is 0 Å². The number of aliphatic hydroxyl groups is 1. The quantitative estimate of drug-likeness (QED) is 0.354. The van der Waals surface area contributed by atoms with E-state index in [1.807, 2.05) is 38.1 Å². The summed E-state index contributed by atoms with van der Waals surface area (Å²) < 4.78 is 36.4. The van der Waals surface area contributed by atoms with Gasteiger partial charge in [0.25, 0.3) is 5.91 Å². The van der Waals surface area contributed by atoms with Gasteiger partial charge in [-0.15, -0.1) is 0 Å². The molecule has 0 bridgehead atoms. The molecule has 0 aliphatic carbocycles. The zero-order valence-electron chi connectivity index (χ0n) is 21.2. The molecule has 2 aromatic carbocycles. The Morgan fingerprint density at radius 2 is 1.74 bits per heavy atom. The van der Waals surface area contributed by atoms with Gasteiger partial charge in [-0.3, -0.25) is 14.5 Å². The van der Waals surface area contributed by atoms with E-state index in [-0.39, 0.29) is 37.1 Å². The van der Waals surface area contributed by atoms with Crippen LogP contribution in [0, 0.1) is 11.6 Å². The number of carbonyl (C=O) groups is 1. The highest BCUT2D eigenvalue weighted by Crippen LogP contribution is 2.37. The standard InChI is InChI=1S/C29H28F2N4O3/c1-18(2)23-16-24(30)21(15-25(23)31)17-38-22-5-3-19(4-6-22)26-27(20-7-9-32-10-8-20)33-35-12-11-34(13-14-36)29(37)28(26)35/h3-10,15-16,18,36H,11-14,17H2,1-2H3. The summed E-state index contributed by atoms with van der Waals surface area (Å²) in [5, 5.41) is 14.2. The fourth-order valence-corrected chi connectivity index (χ4v) is 4.66. The Labute approximate surface area is 219 Å². The fraction of sp³-hybridized carbons (Fsp3) is 0.276. The van der Waals surface area contributed by atoms with Gasteiger partial charge >= 0.3 is 0 Å². The number of benzene rings is 2. The number of aromatic nitrogens is 3. The summed E-state index contributed by atoms with van der Waals surface area (Å²) in [6.45, 7) is 4.60. The highest BCUT2D eigenvalue weighted by molar-refractivity contribution is 6.03. The van der Waals surface area contributed by atoms with Gasteiger partial charge in [-0.2, -0.15) is 5.10 Å². The topological polar surface area (TPSA) is 80.5 Å². The first-order valence-corrected chi connectivity index (χ1v) is 12.5. The zero-order chi connectivity index (χ0) is 26.8. The molecule has 0 spiro atoms. The van der Waals surface area contributed by atoms with Gasteiger partial charge in [0.2, 0.25) is 0 Å². The molecule has 0 atom stereocenters. The van der Waals surface area contributed by atoms with Gasteiger partial charge in [-0.1, -0.05) is 26.0 Å². The highest BCUT2D eigenvalue weighted by atomic mass is 19.1. The van der Waals surface area contributed by atoms with Crippen LogP contribution in [-0.2, 0) is 13.2 Å². The second-order valence-electron chi connectivity index (χ2n) is 9.48. The van der Waals surface area contributed by atoms with Crippen molar-refractivity contribution in [2.24, 2.45) is 0 Å². The van der Waals surface area contributed by atoms with Crippen LogP contribution in [-0.4, -0.2) is 50.4 Å². The van der Waals surface area contributed by atoms with Crippen LogP contribution in [0.4, 0.5) is 8.78 Å². The Bertz CT molecular complexity index is 1450. The molecule has 2 aromatic heterocycles. The van der Waals surface area contributed by atoms with Gasteiger partial charge in [0.05, 0.1) is 13.2 Å². The minimum Gasteiger partial charge on any atom is -0.489 e. The Hall–Kier alpha value is -4.11. The molecule has 0 fully saturated rings. The van der Waals surface area contributed by atoms with Crippen LogP contribution in [0.3, 0.4) is 0 Å². The van der Waals surface area contributed by atoms with Gasteiger partial charge in [0.15, 0.2) is 0 Å². The number of β-amino-alcohol motifs (C(OH)–C–C–N with tert-alkyl or cyclic N) is 1. The van der Waals surface area contributed by atoms with Crippen LogP contribution < -0.4 is 4.74 Å². The van der Waals surface area contributed by atoms with Crippen molar-refractivity contribution in [2.45, 2.75) is 32.9 Å². The molecular formula is C29H28F2N4O3. The molecule has 5 rings (SSSR count). The largest absolute Gasteiger partial charge is 0.489 e. The van der Waals surface area contributed by atoms with E-state index in [2.05, 4.69) is 4.98 Å². The summed E-state index contributed by atoms with van der Waals surface area (Å²) in [6.07, 6.45) is 3.34. The predicted octanol–water partition coefficient (Wildman–Crippen LogP) is 5.04. The number of nitrogens with zero attached hydrogens (tertiary/aromatic N) is 4. The Morgan fingerprint density at radius 3 is 2.42 bits per heavy atom. The van der Waals surface area contributed by atoms with Crippen molar-refractivity contribution in [3.05, 3.63) is 89.4 Å². The van der Waals surface area contributed by atoms with E-state index < -0.39 is 11.6 Å². The summed E-state index contributed by atoms with van der Waals surface area (Å²) in [7, 11) is 0. The van der Waals surface area contributed by atoms with Crippen molar-refractivity contribution < 1.29 is 23.4 Å². The first-order chi connectivity index (χ1) is 18.4. The molecule has 0 unspecified atom stereocenters. The lowest BCUT2D eigenvalue weighted by Gasteiger charge is -2.27. The van der Waals surface area contributed by atoms with Crippen molar-refractivity contribution in [2.75, 3.05) is 19.7 Å². The number of hydrogen-bond donors (Lipinski definition) is 1. The second kappa shape index (κ2) is 10.7. The molecule has 0 saturated carbocycles. The molecule has 3 heterocycles. The van der Waals surface area contributed by atoms with E-state index >= 15 is 0 Å². The van der Waals surface area contributed by atoms with Crippen molar-refractivity contribution >= 4 is 5.91 Å². The van der Waals surface area contributed by atoms with E-state index in [9.17, 15) is 18.7 Å². The molecule has 0 saturated heterocycles. The first kappa shape index (κ1) is 25.5. The Balaban J connectivity index is 1.45. The molecule has 38 heavy (non-hydrogen) atoms. The van der Waals surface area contributed by atoms with E-state index in [1.165, 1.54) is 12.1 Å². The number of amides is 1. The van der Waals surface area contributed by atoms with Crippen molar-refractivity contribution in [1.82, 2.24) is 19.7 Å². The number of fused-ring (bicyclic) bond motifs is 1. The summed E-state index contributed by atoms with van der Waals surface area (Å²) >= 11 is 0. The number of carbonyl (C=O) groups excluding carboxylic acids is 1. The monoisotopic (exact) mass is 518 g/mol. The maximum absolute atomic E-state index is 14.5. The van der Waals surface area contributed by atoms with Crippen LogP contribution in [0.1, 0.15) is 41.4 Å². The number of ether oxygens (including phenoxy) is 1. The average Bonchev–Trinajstić information content (AvgIpc) is 3.32. The molecule has 1 N–H and O–H groups in total. The highest BCUT2D eigenvalue weighted by Gasteiger charge is 2.32. The first-order valence-electron chi connectivity index (χ1n) is 12.5. The lowest BCUT2D eigenvalue weighted by atomic mass is 9.98. The van der Waals surface area contributed by atoms with Crippen molar-refractivity contribution in [3.8, 4) is 28.1 Å². The van der Waals surface area contributed by atoms with Crippen molar-refractivity contribution in [3.63, 3.8) is 0 Å². The number of aliphatic hydroxyl groups excluding tert-OH is 1. The van der Waals surface area contributed by atoms with E-state index in [0.717, 1.165) is 11.1 Å². The summed E-state index contributed by atoms with van der Waals surface area (Å²) in [6, 6.07) is 13.2. The van der Waals surface area contributed by atoms with Gasteiger partial charge in [0, 0.05) is 42.2 Å². The summed E-state index contributed by atoms with van der Waals surface area (Å²) in [5.74, 6) is -0.811. The third kappa shape index (κ3) is 4.89. The van der Waals surface area contributed by atoms with E-state index in [1.54, 1.807) is 34.1 Å². The van der Waals surface area contributed by atoms with E-state index in [0.29, 0.717) is 41.4 Å². The van der Waals surface area contributed by atoms with E-state index in [4.69, 9.17) is 9.84 Å². The van der Waals surface area contributed by atoms with Crippen LogP contribution in [0.2, 0.25) is 0 Å². The Morgan fingerprint density at radius 1 is 1.00 bits per heavy atom. The van der Waals surface area contributed by atoms with Crippen LogP contribution in [0.5, 0.6) is 5.75 Å². The lowest BCUT2D eigenvalue weighted by Crippen LogP contribution is -2.42. The number of halogens is 2. The number of pyridine rings is 1. The van der Waals surface area contributed by atoms with Gasteiger partial charge < -0.3 is 14.7 Å². The molecule has 4 aromatic rings. The van der Waals surface area contributed by atoms with Gasteiger partial charge in [-0.25, -0.2) is 8.78 Å². The Kier molecular flexibility index (Phi) is 7.20. The van der Waals surface area contributed by atoms with Crippen LogP contribution in [0.15, 0.2) is 60.9 Å². The SMILES string of the molecule is CC(C)c1cc(F)c(COc2ccc(-c3c(-c4ccncc4)nn4c3C(=O)N(CCO)CC4)cc2)cc1F. The molecule has 1 amide bonds. The summed E-state index contributed by atoms with van der Waals surface area (Å²) in [4.78, 5) is 19.0. The lowest BCUT2D eigenvalue weighted by molar-refractivity contribution is 0.0662. The average molecular weight is 519 g/mol. The molecule has 0 radical (unpaired) electrons. The molecule has 9 heteroatoms. The molecule has 1 aliphatic rings. The van der Waals surface area contributed by atoms with Gasteiger partial charge in [-0.05, 0) is 53.4 Å². The summed E-state index contributed by atoms with van der Waals surface area (Å²) in [5.41, 5.74) is 3.82. The third-order valence-corrected chi connectivity index (χ3v) is 6.67. The third-order valence-electron chi connectivity index (χ3n) is 6.67. The normalized spacial score (nSPS) is 13.2. The molecule has 7 nitrogen and oxygen atoms in total. The smallest absolute Gasteiger partial charge is 0.272 e.